The minimum atomic E-state index is 0. The number of unbranched alkanes of at least 4 members (excludes halogenated alkanes) is 2. The van der Waals surface area contributed by atoms with E-state index in [0.717, 1.165) is 25.7 Å². The Morgan fingerprint density at radius 2 is 0.941 bits per heavy atom. The Hall–Kier alpha value is -1.07. The molecule has 0 rings (SSSR count). The van der Waals surface area contributed by atoms with E-state index in [0.29, 0.717) is 0 Å². The van der Waals surface area contributed by atoms with Gasteiger partial charge in [0, 0.05) is 16.5 Å². The van der Waals surface area contributed by atoms with Crippen LogP contribution >= 0.6 is 0 Å². The van der Waals surface area contributed by atoms with Gasteiger partial charge in [-0.2, -0.15) is 0 Å². The summed E-state index contributed by atoms with van der Waals surface area (Å²) in [6.45, 7) is 14.3. The average Bonchev–Trinajstić information content (AvgIpc) is 2.31. The molecule has 0 spiro atoms. The standard InChI is InChI=1S/2C8H12.Ni/c2*1-3-5-7-8-6-4-2;/h2*3-5,7H,1-2,6,8H2;/b2*7-5+;. The Kier molecular flexibility index (Phi) is 30.3. The molecular weight excluding hydrogens is 251 g/mol. The summed E-state index contributed by atoms with van der Waals surface area (Å²) in [6.07, 6.45) is 19.7. The Labute approximate surface area is 117 Å². The SMILES string of the molecule is C=C/C=C/CCC=C.C=C/C=C/CCC=C.[Ni]. The molecule has 0 heterocycles. The van der Waals surface area contributed by atoms with Crippen LogP contribution in [0.25, 0.3) is 0 Å². The zero-order valence-electron chi connectivity index (χ0n) is 10.6. The molecule has 0 aromatic heterocycles. The van der Waals surface area contributed by atoms with Gasteiger partial charge in [-0.15, -0.1) is 13.2 Å². The van der Waals surface area contributed by atoms with E-state index in [1.54, 1.807) is 12.2 Å². The number of allylic oxidation sites excluding steroid dienone is 8. The molecule has 17 heavy (non-hydrogen) atoms. The van der Waals surface area contributed by atoms with Crippen LogP contribution in [0.5, 0.6) is 0 Å². The average molecular weight is 275 g/mol. The van der Waals surface area contributed by atoms with Crippen molar-refractivity contribution in [2.45, 2.75) is 25.7 Å². The second-order valence-electron chi connectivity index (χ2n) is 3.06. The van der Waals surface area contributed by atoms with E-state index in [9.17, 15) is 0 Å². The smallest absolute Gasteiger partial charge is 0 e. The Morgan fingerprint density at radius 1 is 0.588 bits per heavy atom. The van der Waals surface area contributed by atoms with Crippen LogP contribution in [-0.2, 0) is 16.5 Å². The molecule has 0 amide bonds. The normalized spacial score (nSPS) is 8.94. The fraction of sp³-hybridized carbons (Fsp3) is 0.250. The molecule has 0 saturated heterocycles. The van der Waals surface area contributed by atoms with Crippen LogP contribution in [-0.4, -0.2) is 0 Å². The quantitative estimate of drug-likeness (QED) is 0.241. The van der Waals surface area contributed by atoms with Gasteiger partial charge in [-0.25, -0.2) is 0 Å². The zero-order valence-corrected chi connectivity index (χ0v) is 11.6. The minimum absolute atomic E-state index is 0. The van der Waals surface area contributed by atoms with Crippen LogP contribution < -0.4 is 0 Å². The predicted molar refractivity (Wildman–Crippen MR) is 77.5 cm³/mol. The topological polar surface area (TPSA) is 0 Å². The summed E-state index contributed by atoms with van der Waals surface area (Å²) in [5.41, 5.74) is 0. The molecule has 0 aliphatic rings. The molecule has 0 saturated carbocycles. The van der Waals surface area contributed by atoms with Crippen molar-refractivity contribution in [3.63, 3.8) is 0 Å². The third kappa shape index (κ3) is 31.3. The van der Waals surface area contributed by atoms with Gasteiger partial charge in [0.15, 0.2) is 0 Å². The van der Waals surface area contributed by atoms with Crippen molar-refractivity contribution < 1.29 is 16.5 Å². The summed E-state index contributed by atoms with van der Waals surface area (Å²) in [7, 11) is 0. The third-order valence-corrected chi connectivity index (χ3v) is 1.62. The van der Waals surface area contributed by atoms with Crippen molar-refractivity contribution in [2.75, 3.05) is 0 Å². The Bertz CT molecular complexity index is 208. The van der Waals surface area contributed by atoms with Crippen LogP contribution in [0, 0.1) is 0 Å². The molecule has 0 fully saturated rings. The van der Waals surface area contributed by atoms with Gasteiger partial charge < -0.3 is 0 Å². The first-order valence-corrected chi connectivity index (χ1v) is 5.60. The number of hydrogen-bond donors (Lipinski definition) is 0. The molecule has 0 radical (unpaired) electrons. The van der Waals surface area contributed by atoms with Crippen molar-refractivity contribution in [2.24, 2.45) is 0 Å². The van der Waals surface area contributed by atoms with Crippen molar-refractivity contribution in [1.82, 2.24) is 0 Å². The summed E-state index contributed by atoms with van der Waals surface area (Å²) in [4.78, 5) is 0. The maximum atomic E-state index is 3.60. The van der Waals surface area contributed by atoms with E-state index in [-0.39, 0.29) is 16.5 Å². The second-order valence-corrected chi connectivity index (χ2v) is 3.06. The van der Waals surface area contributed by atoms with Gasteiger partial charge in [-0.05, 0) is 25.7 Å². The molecule has 0 unspecified atom stereocenters. The van der Waals surface area contributed by atoms with Crippen LogP contribution in [0.2, 0.25) is 0 Å². The first-order valence-electron chi connectivity index (χ1n) is 5.60. The summed E-state index contributed by atoms with van der Waals surface area (Å²) >= 11 is 0. The third-order valence-electron chi connectivity index (χ3n) is 1.62. The largest absolute Gasteiger partial charge is 0.103 e. The molecule has 0 nitrogen and oxygen atoms in total. The van der Waals surface area contributed by atoms with Crippen LogP contribution in [0.1, 0.15) is 25.7 Å². The molecule has 98 valence electrons. The van der Waals surface area contributed by atoms with Crippen molar-refractivity contribution in [1.29, 1.82) is 0 Å². The summed E-state index contributed by atoms with van der Waals surface area (Å²) < 4.78 is 0. The monoisotopic (exact) mass is 274 g/mol. The maximum absolute atomic E-state index is 3.60. The van der Waals surface area contributed by atoms with Crippen LogP contribution in [0.15, 0.2) is 74.9 Å². The maximum Gasteiger partial charge on any atom is 0 e. The van der Waals surface area contributed by atoms with E-state index >= 15 is 0 Å². The van der Waals surface area contributed by atoms with E-state index in [1.165, 1.54) is 0 Å². The van der Waals surface area contributed by atoms with E-state index in [1.807, 2.05) is 24.3 Å². The van der Waals surface area contributed by atoms with Crippen molar-refractivity contribution in [3.05, 3.63) is 74.9 Å². The van der Waals surface area contributed by atoms with Gasteiger partial charge >= 0.3 is 0 Å². The van der Waals surface area contributed by atoms with E-state index < -0.39 is 0 Å². The molecule has 0 aromatic carbocycles. The fourth-order valence-electron chi connectivity index (χ4n) is 0.813. The van der Waals surface area contributed by atoms with Gasteiger partial charge in [0.2, 0.25) is 0 Å². The first kappa shape index (κ1) is 21.2. The molecule has 0 aliphatic carbocycles. The minimum Gasteiger partial charge on any atom is -0.103 e. The summed E-state index contributed by atoms with van der Waals surface area (Å²) in [6, 6.07) is 0. The van der Waals surface area contributed by atoms with Crippen LogP contribution in [0.4, 0.5) is 0 Å². The van der Waals surface area contributed by atoms with Crippen molar-refractivity contribution in [3.8, 4) is 0 Å². The molecule has 0 aliphatic heterocycles. The number of hydrogen-bond acceptors (Lipinski definition) is 0. The molecule has 0 bridgehead atoms. The Balaban J connectivity index is -0.000000218. The van der Waals surface area contributed by atoms with Gasteiger partial charge in [0.1, 0.15) is 0 Å². The first-order chi connectivity index (χ1) is 7.83. The molecule has 0 aromatic rings. The predicted octanol–water partition coefficient (Wildman–Crippen LogP) is 5.39. The Morgan fingerprint density at radius 3 is 1.18 bits per heavy atom. The van der Waals surface area contributed by atoms with Crippen molar-refractivity contribution >= 4 is 0 Å². The van der Waals surface area contributed by atoms with E-state index in [2.05, 4.69) is 38.5 Å². The molecular formula is C16H24Ni. The van der Waals surface area contributed by atoms with Gasteiger partial charge in [-0.1, -0.05) is 61.8 Å². The molecule has 0 N–H and O–H groups in total. The van der Waals surface area contributed by atoms with Gasteiger partial charge in [0.05, 0.1) is 0 Å². The zero-order chi connectivity index (χ0) is 12.5. The van der Waals surface area contributed by atoms with E-state index in [4.69, 9.17) is 0 Å². The number of rotatable bonds is 8. The summed E-state index contributed by atoms with van der Waals surface area (Å²) in [5.74, 6) is 0. The molecule has 1 heteroatoms. The molecule has 0 atom stereocenters. The van der Waals surface area contributed by atoms with Gasteiger partial charge in [-0.3, -0.25) is 0 Å². The van der Waals surface area contributed by atoms with Crippen LogP contribution in [0.3, 0.4) is 0 Å². The summed E-state index contributed by atoms with van der Waals surface area (Å²) in [5, 5.41) is 0. The fourth-order valence-corrected chi connectivity index (χ4v) is 0.813. The second kappa shape index (κ2) is 24.3. The van der Waals surface area contributed by atoms with Gasteiger partial charge in [0.25, 0.3) is 0 Å².